The van der Waals surface area contributed by atoms with Crippen LogP contribution in [0.4, 0.5) is 5.82 Å². The average molecular weight is 345 g/mol. The van der Waals surface area contributed by atoms with Crippen LogP contribution in [-0.4, -0.2) is 69.4 Å². The van der Waals surface area contributed by atoms with Crippen LogP contribution in [-0.2, 0) is 17.8 Å². The summed E-state index contributed by atoms with van der Waals surface area (Å²) in [5.41, 5.74) is 0.382. The van der Waals surface area contributed by atoms with Crippen molar-refractivity contribution in [2.45, 2.75) is 25.9 Å². The zero-order chi connectivity index (χ0) is 17.6. The van der Waals surface area contributed by atoms with Crippen molar-refractivity contribution in [2.24, 2.45) is 0 Å². The molecular formula is C16H23N7O2. The summed E-state index contributed by atoms with van der Waals surface area (Å²) >= 11 is 0. The first-order valence-electron chi connectivity index (χ1n) is 8.37. The number of rotatable bonds is 7. The number of anilines is 1. The number of aromatic nitrogens is 5. The van der Waals surface area contributed by atoms with Crippen LogP contribution >= 0.6 is 0 Å². The lowest BCUT2D eigenvalue weighted by molar-refractivity contribution is 0.0786. The molecule has 0 bridgehead atoms. The molecule has 2 aromatic heterocycles. The van der Waals surface area contributed by atoms with Crippen molar-refractivity contribution >= 4 is 11.7 Å². The first-order valence-corrected chi connectivity index (χ1v) is 8.37. The molecule has 0 unspecified atom stereocenters. The molecule has 9 heteroatoms. The van der Waals surface area contributed by atoms with Gasteiger partial charge < -0.3 is 19.1 Å². The van der Waals surface area contributed by atoms with E-state index in [2.05, 4.69) is 20.2 Å². The van der Waals surface area contributed by atoms with Crippen molar-refractivity contribution in [1.82, 2.24) is 29.6 Å². The van der Waals surface area contributed by atoms with Crippen molar-refractivity contribution in [3.8, 4) is 0 Å². The minimum Gasteiger partial charge on any atom is -0.383 e. The predicted molar refractivity (Wildman–Crippen MR) is 91.2 cm³/mol. The van der Waals surface area contributed by atoms with Gasteiger partial charge in [0.25, 0.3) is 5.91 Å². The van der Waals surface area contributed by atoms with E-state index < -0.39 is 0 Å². The van der Waals surface area contributed by atoms with E-state index in [1.807, 2.05) is 21.4 Å². The Hall–Kier alpha value is -2.55. The predicted octanol–water partition coefficient (Wildman–Crippen LogP) is 0.587. The Morgan fingerprint density at radius 3 is 2.88 bits per heavy atom. The summed E-state index contributed by atoms with van der Waals surface area (Å²) in [5, 5.41) is 8.10. The molecule has 0 radical (unpaired) electrons. The van der Waals surface area contributed by atoms with Crippen LogP contribution in [0.15, 0.2) is 18.7 Å². The fourth-order valence-electron chi connectivity index (χ4n) is 2.80. The third-order valence-electron chi connectivity index (χ3n) is 4.24. The molecule has 9 nitrogen and oxygen atoms in total. The summed E-state index contributed by atoms with van der Waals surface area (Å²) in [6, 6.07) is 0. The molecule has 1 fully saturated rings. The Morgan fingerprint density at radius 2 is 2.12 bits per heavy atom. The number of methoxy groups -OCH3 is 1. The Labute approximate surface area is 146 Å². The van der Waals surface area contributed by atoms with Gasteiger partial charge in [0.15, 0.2) is 5.82 Å². The van der Waals surface area contributed by atoms with E-state index in [0.29, 0.717) is 31.2 Å². The van der Waals surface area contributed by atoms with Gasteiger partial charge in [-0.15, -0.1) is 10.2 Å². The SMILES string of the molecule is COCCn1cnnc1CN(C)c1cncc(C(=O)N2CCCC2)n1. The number of hydrogen-bond donors (Lipinski definition) is 0. The zero-order valence-corrected chi connectivity index (χ0v) is 14.6. The smallest absolute Gasteiger partial charge is 0.274 e. The molecule has 0 N–H and O–H groups in total. The second-order valence-electron chi connectivity index (χ2n) is 6.05. The van der Waals surface area contributed by atoms with E-state index in [-0.39, 0.29) is 5.91 Å². The average Bonchev–Trinajstić information content (AvgIpc) is 3.31. The Morgan fingerprint density at radius 1 is 1.32 bits per heavy atom. The lowest BCUT2D eigenvalue weighted by Gasteiger charge is -2.19. The molecule has 1 aliphatic heterocycles. The molecule has 2 aromatic rings. The van der Waals surface area contributed by atoms with E-state index >= 15 is 0 Å². The molecule has 0 aromatic carbocycles. The van der Waals surface area contributed by atoms with Gasteiger partial charge in [-0.25, -0.2) is 4.98 Å². The monoisotopic (exact) mass is 345 g/mol. The van der Waals surface area contributed by atoms with E-state index in [0.717, 1.165) is 31.8 Å². The molecule has 1 saturated heterocycles. The Balaban J connectivity index is 1.70. The number of likely N-dealkylation sites (tertiary alicyclic amines) is 1. The van der Waals surface area contributed by atoms with Gasteiger partial charge in [-0.1, -0.05) is 0 Å². The third kappa shape index (κ3) is 4.11. The van der Waals surface area contributed by atoms with Crippen LogP contribution in [0.1, 0.15) is 29.2 Å². The maximum absolute atomic E-state index is 12.5. The summed E-state index contributed by atoms with van der Waals surface area (Å²) in [7, 11) is 3.55. The molecule has 3 heterocycles. The van der Waals surface area contributed by atoms with Gasteiger partial charge in [-0.3, -0.25) is 9.78 Å². The number of carbonyl (C=O) groups is 1. The minimum absolute atomic E-state index is 0.0523. The quantitative estimate of drug-likeness (QED) is 0.725. The summed E-state index contributed by atoms with van der Waals surface area (Å²) < 4.78 is 7.03. The first kappa shape index (κ1) is 17.3. The summed E-state index contributed by atoms with van der Waals surface area (Å²) in [6.07, 6.45) is 6.96. The molecule has 1 amide bonds. The van der Waals surface area contributed by atoms with Gasteiger partial charge in [0.1, 0.15) is 17.8 Å². The van der Waals surface area contributed by atoms with E-state index in [4.69, 9.17) is 4.74 Å². The highest BCUT2D eigenvalue weighted by atomic mass is 16.5. The first-order chi connectivity index (χ1) is 12.2. The fraction of sp³-hybridized carbons (Fsp3) is 0.562. The fourth-order valence-corrected chi connectivity index (χ4v) is 2.80. The lowest BCUT2D eigenvalue weighted by Crippen LogP contribution is -2.29. The van der Waals surface area contributed by atoms with E-state index in [1.54, 1.807) is 19.6 Å². The third-order valence-corrected chi connectivity index (χ3v) is 4.24. The lowest BCUT2D eigenvalue weighted by atomic mass is 10.3. The maximum atomic E-state index is 12.5. The van der Waals surface area contributed by atoms with Gasteiger partial charge in [-0.2, -0.15) is 0 Å². The van der Waals surface area contributed by atoms with Crippen LogP contribution in [0.5, 0.6) is 0 Å². The van der Waals surface area contributed by atoms with Gasteiger partial charge >= 0.3 is 0 Å². The maximum Gasteiger partial charge on any atom is 0.274 e. The van der Waals surface area contributed by atoms with Crippen molar-refractivity contribution in [3.63, 3.8) is 0 Å². The normalized spacial score (nSPS) is 14.1. The van der Waals surface area contributed by atoms with Crippen LogP contribution in [0.3, 0.4) is 0 Å². The van der Waals surface area contributed by atoms with Gasteiger partial charge in [-0.05, 0) is 12.8 Å². The van der Waals surface area contributed by atoms with Crippen LogP contribution in [0, 0.1) is 0 Å². The molecule has 0 atom stereocenters. The molecule has 25 heavy (non-hydrogen) atoms. The number of amides is 1. The highest BCUT2D eigenvalue weighted by Gasteiger charge is 2.21. The van der Waals surface area contributed by atoms with Crippen molar-refractivity contribution in [3.05, 3.63) is 30.2 Å². The second-order valence-corrected chi connectivity index (χ2v) is 6.05. The molecule has 3 rings (SSSR count). The van der Waals surface area contributed by atoms with Gasteiger partial charge in [0.05, 0.1) is 25.5 Å². The largest absolute Gasteiger partial charge is 0.383 e. The highest BCUT2D eigenvalue weighted by molar-refractivity contribution is 5.92. The standard InChI is InChI=1S/C16H23N7O2/c1-21(11-15-20-18-12-23(15)7-8-25-2)14-10-17-9-13(19-14)16(24)22-5-3-4-6-22/h9-10,12H,3-8,11H2,1-2H3. The topological polar surface area (TPSA) is 89.3 Å². The van der Waals surface area contributed by atoms with E-state index in [1.165, 1.54) is 6.20 Å². The Bertz CT molecular complexity index is 712. The number of nitrogens with zero attached hydrogens (tertiary/aromatic N) is 7. The molecule has 1 aliphatic rings. The van der Waals surface area contributed by atoms with Crippen molar-refractivity contribution in [1.29, 1.82) is 0 Å². The van der Waals surface area contributed by atoms with Crippen molar-refractivity contribution in [2.75, 3.05) is 38.8 Å². The molecular weight excluding hydrogens is 322 g/mol. The van der Waals surface area contributed by atoms with Crippen LogP contribution in [0.25, 0.3) is 0 Å². The summed E-state index contributed by atoms with van der Waals surface area (Å²) in [4.78, 5) is 24.9. The molecule has 0 aliphatic carbocycles. The molecule has 134 valence electrons. The number of hydrogen-bond acceptors (Lipinski definition) is 7. The zero-order valence-electron chi connectivity index (χ0n) is 14.6. The molecule has 0 saturated carbocycles. The van der Waals surface area contributed by atoms with Crippen molar-refractivity contribution < 1.29 is 9.53 Å². The van der Waals surface area contributed by atoms with Gasteiger partial charge in [0, 0.05) is 33.8 Å². The molecule has 0 spiro atoms. The minimum atomic E-state index is -0.0523. The Kier molecular flexibility index (Phi) is 5.54. The number of carbonyl (C=O) groups excluding carboxylic acids is 1. The van der Waals surface area contributed by atoms with Gasteiger partial charge in [0.2, 0.25) is 0 Å². The van der Waals surface area contributed by atoms with E-state index in [9.17, 15) is 4.79 Å². The summed E-state index contributed by atoms with van der Waals surface area (Å²) in [5.74, 6) is 1.38. The van der Waals surface area contributed by atoms with Crippen LogP contribution in [0.2, 0.25) is 0 Å². The second kappa shape index (κ2) is 8.02. The van der Waals surface area contributed by atoms with Crippen LogP contribution < -0.4 is 4.90 Å². The highest BCUT2D eigenvalue weighted by Crippen LogP contribution is 2.15. The summed E-state index contributed by atoms with van der Waals surface area (Å²) in [6.45, 7) is 3.38. The number of ether oxygens (including phenoxy) is 1.